The maximum Gasteiger partial charge on any atom is 0.147 e. The molecule has 6 heteroatoms. The molecule has 1 N–H and O–H groups in total. The van der Waals surface area contributed by atoms with E-state index in [1.165, 1.54) is 12.1 Å². The van der Waals surface area contributed by atoms with E-state index in [0.29, 0.717) is 16.0 Å². The number of benzene rings is 1. The third-order valence-corrected chi connectivity index (χ3v) is 3.21. The van der Waals surface area contributed by atoms with Crippen LogP contribution in [0.15, 0.2) is 35.1 Å². The number of nitrogens with zero attached hydrogens (tertiary/aromatic N) is 1. The molecule has 1 heterocycles. The van der Waals surface area contributed by atoms with Crippen molar-refractivity contribution in [1.82, 2.24) is 4.98 Å². The van der Waals surface area contributed by atoms with Crippen LogP contribution in [0.1, 0.15) is 6.92 Å². The topological polar surface area (TPSA) is 34.2 Å². The van der Waals surface area contributed by atoms with Crippen molar-refractivity contribution in [1.29, 1.82) is 0 Å². The lowest BCUT2D eigenvalue weighted by Gasteiger charge is -2.10. The summed E-state index contributed by atoms with van der Waals surface area (Å²) in [6.45, 7) is 2.77. The molecular formula is C13H11BrClFN2O. The van der Waals surface area contributed by atoms with Crippen LogP contribution >= 0.6 is 27.5 Å². The van der Waals surface area contributed by atoms with Gasteiger partial charge in [-0.3, -0.25) is 4.98 Å². The molecule has 0 aliphatic rings. The second-order valence-electron chi connectivity index (χ2n) is 3.74. The lowest BCUT2D eigenvalue weighted by atomic mass is 10.3. The molecule has 0 amide bonds. The highest BCUT2D eigenvalue weighted by Gasteiger charge is 2.09. The van der Waals surface area contributed by atoms with Crippen molar-refractivity contribution < 1.29 is 9.13 Å². The quantitative estimate of drug-likeness (QED) is 0.804. The van der Waals surface area contributed by atoms with Gasteiger partial charge in [0.25, 0.3) is 0 Å². The molecule has 19 heavy (non-hydrogen) atoms. The van der Waals surface area contributed by atoms with E-state index >= 15 is 0 Å². The van der Waals surface area contributed by atoms with E-state index < -0.39 is 5.82 Å². The van der Waals surface area contributed by atoms with Crippen LogP contribution < -0.4 is 10.1 Å². The van der Waals surface area contributed by atoms with Crippen molar-refractivity contribution in [3.05, 3.63) is 45.9 Å². The van der Waals surface area contributed by atoms with Crippen molar-refractivity contribution in [2.75, 3.05) is 11.9 Å². The average molecular weight is 346 g/mol. The zero-order chi connectivity index (χ0) is 13.8. The van der Waals surface area contributed by atoms with Crippen molar-refractivity contribution in [3.8, 4) is 11.5 Å². The van der Waals surface area contributed by atoms with Gasteiger partial charge in [-0.25, -0.2) is 4.39 Å². The summed E-state index contributed by atoms with van der Waals surface area (Å²) in [5.41, 5.74) is 0.838. The number of hydrogen-bond donors (Lipinski definition) is 1. The third kappa shape index (κ3) is 3.58. The molecule has 0 bridgehead atoms. The summed E-state index contributed by atoms with van der Waals surface area (Å²) in [4.78, 5) is 4.05. The van der Waals surface area contributed by atoms with Gasteiger partial charge in [-0.15, -0.1) is 0 Å². The minimum absolute atomic E-state index is 0.0405. The fourth-order valence-electron chi connectivity index (χ4n) is 1.48. The van der Waals surface area contributed by atoms with Crippen LogP contribution in [0.2, 0.25) is 5.02 Å². The first-order valence-electron chi connectivity index (χ1n) is 5.61. The smallest absolute Gasteiger partial charge is 0.147 e. The zero-order valence-corrected chi connectivity index (χ0v) is 12.4. The maximum absolute atomic E-state index is 13.4. The molecule has 0 aliphatic carbocycles. The van der Waals surface area contributed by atoms with Gasteiger partial charge in [-0.2, -0.15) is 0 Å². The molecule has 0 saturated heterocycles. The van der Waals surface area contributed by atoms with Gasteiger partial charge >= 0.3 is 0 Å². The Hall–Kier alpha value is -1.33. The summed E-state index contributed by atoms with van der Waals surface area (Å²) < 4.78 is 19.6. The summed E-state index contributed by atoms with van der Waals surface area (Å²) in [5, 5.41) is 3.16. The van der Waals surface area contributed by atoms with E-state index in [1.54, 1.807) is 18.5 Å². The van der Waals surface area contributed by atoms with Gasteiger partial charge in [0.1, 0.15) is 17.3 Å². The molecule has 1 aromatic heterocycles. The van der Waals surface area contributed by atoms with Crippen LogP contribution in [0.4, 0.5) is 10.1 Å². The van der Waals surface area contributed by atoms with Crippen LogP contribution in [0.5, 0.6) is 11.5 Å². The Morgan fingerprint density at radius 1 is 1.37 bits per heavy atom. The minimum atomic E-state index is -0.532. The van der Waals surface area contributed by atoms with Crippen LogP contribution in [-0.4, -0.2) is 11.5 Å². The molecule has 0 fully saturated rings. The third-order valence-electron chi connectivity index (χ3n) is 2.30. The standard InChI is InChI=1S/C13H11BrClFN2O/c1-2-18-8-3-9(7-17-6-8)19-13-5-12(16)11(15)4-10(13)14/h3-7,18H,2H2,1H3. The van der Waals surface area contributed by atoms with Crippen LogP contribution in [-0.2, 0) is 0 Å². The molecular weight excluding hydrogens is 335 g/mol. The lowest BCUT2D eigenvalue weighted by molar-refractivity contribution is 0.472. The molecule has 0 unspecified atom stereocenters. The van der Waals surface area contributed by atoms with Gasteiger partial charge in [0, 0.05) is 18.7 Å². The van der Waals surface area contributed by atoms with Crippen LogP contribution in [0.3, 0.4) is 0 Å². The highest BCUT2D eigenvalue weighted by Crippen LogP contribution is 2.34. The molecule has 0 saturated carbocycles. The van der Waals surface area contributed by atoms with E-state index in [-0.39, 0.29) is 5.02 Å². The SMILES string of the molecule is CCNc1cncc(Oc2cc(F)c(Cl)cc2Br)c1. The first-order chi connectivity index (χ1) is 9.10. The van der Waals surface area contributed by atoms with E-state index in [1.807, 2.05) is 6.92 Å². The van der Waals surface area contributed by atoms with Gasteiger partial charge in [-0.05, 0) is 28.9 Å². The Bertz CT molecular complexity index is 595. The van der Waals surface area contributed by atoms with E-state index in [2.05, 4.69) is 26.2 Å². The molecule has 0 spiro atoms. The largest absolute Gasteiger partial charge is 0.454 e. The van der Waals surface area contributed by atoms with Gasteiger partial charge in [0.15, 0.2) is 0 Å². The van der Waals surface area contributed by atoms with E-state index in [4.69, 9.17) is 16.3 Å². The second-order valence-corrected chi connectivity index (χ2v) is 5.00. The zero-order valence-electron chi connectivity index (χ0n) is 10.1. The minimum Gasteiger partial charge on any atom is -0.454 e. The Kier molecular flexibility index (Phi) is 4.61. The fourth-order valence-corrected chi connectivity index (χ4v) is 2.20. The highest BCUT2D eigenvalue weighted by atomic mass is 79.9. The normalized spacial score (nSPS) is 10.3. The maximum atomic E-state index is 13.4. The van der Waals surface area contributed by atoms with Gasteiger partial charge in [0.05, 0.1) is 27.6 Å². The Balaban J connectivity index is 2.25. The Morgan fingerprint density at radius 3 is 2.89 bits per heavy atom. The number of halogens is 3. The summed E-state index contributed by atoms with van der Waals surface area (Å²) in [6, 6.07) is 4.47. The summed E-state index contributed by atoms with van der Waals surface area (Å²) in [6.07, 6.45) is 3.24. The first-order valence-corrected chi connectivity index (χ1v) is 6.78. The van der Waals surface area contributed by atoms with E-state index in [9.17, 15) is 4.39 Å². The number of rotatable bonds is 4. The summed E-state index contributed by atoms with van der Waals surface area (Å²) in [5.74, 6) is 0.328. The predicted molar refractivity (Wildman–Crippen MR) is 77.6 cm³/mol. The summed E-state index contributed by atoms with van der Waals surface area (Å²) >= 11 is 8.95. The van der Waals surface area contributed by atoms with Crippen molar-refractivity contribution in [3.63, 3.8) is 0 Å². The molecule has 1 aromatic carbocycles. The van der Waals surface area contributed by atoms with Gasteiger partial charge in [-0.1, -0.05) is 11.6 Å². The molecule has 0 atom stereocenters. The molecule has 100 valence electrons. The number of anilines is 1. The number of pyridine rings is 1. The average Bonchev–Trinajstić information content (AvgIpc) is 2.37. The van der Waals surface area contributed by atoms with Crippen molar-refractivity contribution in [2.45, 2.75) is 6.92 Å². The van der Waals surface area contributed by atoms with Crippen molar-refractivity contribution in [2.24, 2.45) is 0 Å². The van der Waals surface area contributed by atoms with Crippen LogP contribution in [0, 0.1) is 5.82 Å². The molecule has 3 nitrogen and oxygen atoms in total. The number of nitrogens with one attached hydrogen (secondary N) is 1. The molecule has 0 radical (unpaired) electrons. The lowest BCUT2D eigenvalue weighted by Crippen LogP contribution is -1.97. The number of ether oxygens (including phenoxy) is 1. The summed E-state index contributed by atoms with van der Waals surface area (Å²) in [7, 11) is 0. The van der Waals surface area contributed by atoms with E-state index in [0.717, 1.165) is 12.2 Å². The van der Waals surface area contributed by atoms with Gasteiger partial charge in [0.2, 0.25) is 0 Å². The Morgan fingerprint density at radius 2 is 2.16 bits per heavy atom. The fraction of sp³-hybridized carbons (Fsp3) is 0.154. The molecule has 2 aromatic rings. The van der Waals surface area contributed by atoms with Crippen molar-refractivity contribution >= 4 is 33.2 Å². The molecule has 0 aliphatic heterocycles. The Labute approximate surface area is 123 Å². The first kappa shape index (κ1) is 14.1. The number of aromatic nitrogens is 1. The highest BCUT2D eigenvalue weighted by molar-refractivity contribution is 9.10. The monoisotopic (exact) mass is 344 g/mol. The second kappa shape index (κ2) is 6.21. The molecule has 2 rings (SSSR count). The predicted octanol–water partition coefficient (Wildman–Crippen LogP) is 4.86. The number of hydrogen-bond acceptors (Lipinski definition) is 3. The van der Waals surface area contributed by atoms with Crippen LogP contribution in [0.25, 0.3) is 0 Å². The van der Waals surface area contributed by atoms with Gasteiger partial charge < -0.3 is 10.1 Å².